The second kappa shape index (κ2) is 6.27. The Morgan fingerprint density at radius 3 is 2.45 bits per heavy atom. The Morgan fingerprint density at radius 1 is 0.818 bits per heavy atom. The SMILES string of the molecule is [Ir].[c-]1ccccc1-n1nccc1-c1ccc2ccccc2c1. The molecule has 4 aromatic rings. The minimum atomic E-state index is 0. The molecule has 109 valence electrons. The molecular weight excluding hydrogens is 448 g/mol. The van der Waals surface area contributed by atoms with Gasteiger partial charge in [-0.2, -0.15) is 29.4 Å². The van der Waals surface area contributed by atoms with Crippen LogP contribution in [0.3, 0.4) is 0 Å². The van der Waals surface area contributed by atoms with Crippen molar-refractivity contribution in [1.29, 1.82) is 0 Å². The van der Waals surface area contributed by atoms with Gasteiger partial charge in [0.1, 0.15) is 0 Å². The van der Waals surface area contributed by atoms with E-state index in [4.69, 9.17) is 0 Å². The van der Waals surface area contributed by atoms with Crippen LogP contribution in [0.25, 0.3) is 27.7 Å². The predicted octanol–water partition coefficient (Wildman–Crippen LogP) is 4.49. The summed E-state index contributed by atoms with van der Waals surface area (Å²) in [5.74, 6) is 0. The van der Waals surface area contributed by atoms with Gasteiger partial charge < -0.3 is 0 Å². The van der Waals surface area contributed by atoms with Gasteiger partial charge in [0.25, 0.3) is 0 Å². The number of benzene rings is 3. The average Bonchev–Trinajstić information content (AvgIpc) is 3.05. The summed E-state index contributed by atoms with van der Waals surface area (Å²) in [6, 6.07) is 28.0. The van der Waals surface area contributed by atoms with Gasteiger partial charge in [-0.05, 0) is 28.6 Å². The Bertz CT molecular complexity index is 897. The molecule has 0 spiro atoms. The van der Waals surface area contributed by atoms with Crippen molar-refractivity contribution >= 4 is 10.8 Å². The van der Waals surface area contributed by atoms with E-state index in [1.54, 1.807) is 0 Å². The van der Waals surface area contributed by atoms with Crippen molar-refractivity contribution in [1.82, 2.24) is 9.78 Å². The van der Waals surface area contributed by atoms with Crippen LogP contribution in [0.2, 0.25) is 0 Å². The largest absolute Gasteiger partial charge is 0.258 e. The number of hydrogen-bond donors (Lipinski definition) is 0. The molecule has 1 aromatic heterocycles. The van der Waals surface area contributed by atoms with Crippen LogP contribution in [0, 0.1) is 6.07 Å². The van der Waals surface area contributed by atoms with Crippen LogP contribution in [-0.4, -0.2) is 9.78 Å². The van der Waals surface area contributed by atoms with Crippen LogP contribution >= 0.6 is 0 Å². The van der Waals surface area contributed by atoms with Crippen molar-refractivity contribution in [3.8, 4) is 16.9 Å². The summed E-state index contributed by atoms with van der Waals surface area (Å²) in [7, 11) is 0. The van der Waals surface area contributed by atoms with Crippen LogP contribution in [0.1, 0.15) is 0 Å². The molecule has 1 heterocycles. The maximum atomic E-state index is 4.43. The molecule has 0 fully saturated rings. The van der Waals surface area contributed by atoms with E-state index in [0.717, 1.165) is 16.9 Å². The predicted molar refractivity (Wildman–Crippen MR) is 85.3 cm³/mol. The topological polar surface area (TPSA) is 17.8 Å². The summed E-state index contributed by atoms with van der Waals surface area (Å²) in [5, 5.41) is 6.91. The number of rotatable bonds is 2. The maximum absolute atomic E-state index is 4.43. The van der Waals surface area contributed by atoms with Gasteiger partial charge in [0, 0.05) is 31.9 Å². The van der Waals surface area contributed by atoms with Gasteiger partial charge >= 0.3 is 0 Å². The fourth-order valence-electron chi connectivity index (χ4n) is 2.58. The zero-order valence-corrected chi connectivity index (χ0v) is 14.1. The van der Waals surface area contributed by atoms with E-state index in [9.17, 15) is 0 Å². The molecule has 0 N–H and O–H groups in total. The molecule has 0 atom stereocenters. The van der Waals surface area contributed by atoms with Crippen molar-refractivity contribution in [2.24, 2.45) is 0 Å². The molecule has 4 rings (SSSR count). The molecule has 0 bridgehead atoms. The van der Waals surface area contributed by atoms with Gasteiger partial charge in [-0.3, -0.25) is 4.68 Å². The second-order valence-electron chi connectivity index (χ2n) is 4.94. The van der Waals surface area contributed by atoms with E-state index < -0.39 is 0 Å². The number of fused-ring (bicyclic) bond motifs is 1. The van der Waals surface area contributed by atoms with Gasteiger partial charge in [-0.15, -0.1) is 6.07 Å². The zero-order valence-electron chi connectivity index (χ0n) is 11.7. The first kappa shape index (κ1) is 14.7. The molecule has 22 heavy (non-hydrogen) atoms. The third-order valence-electron chi connectivity index (χ3n) is 3.61. The minimum Gasteiger partial charge on any atom is -0.258 e. The summed E-state index contributed by atoms with van der Waals surface area (Å²) in [6.45, 7) is 0. The van der Waals surface area contributed by atoms with Crippen molar-refractivity contribution in [2.75, 3.05) is 0 Å². The van der Waals surface area contributed by atoms with Crippen molar-refractivity contribution in [3.63, 3.8) is 0 Å². The monoisotopic (exact) mass is 462 g/mol. The van der Waals surface area contributed by atoms with Gasteiger partial charge in [0.2, 0.25) is 0 Å². The van der Waals surface area contributed by atoms with Crippen LogP contribution in [-0.2, 0) is 20.1 Å². The standard InChI is InChI=1S/C19H13N2.Ir/c1-2-8-18(9-3-1)21-19(12-13-20-21)17-11-10-15-6-4-5-7-16(15)14-17;/h1-8,10-14H;/q-1;. The van der Waals surface area contributed by atoms with E-state index in [1.807, 2.05) is 41.2 Å². The summed E-state index contributed by atoms with van der Waals surface area (Å²) in [5.41, 5.74) is 3.18. The second-order valence-corrected chi connectivity index (χ2v) is 4.94. The van der Waals surface area contributed by atoms with Crippen molar-refractivity contribution in [3.05, 3.63) is 85.1 Å². The summed E-state index contributed by atoms with van der Waals surface area (Å²) < 4.78 is 1.92. The Labute approximate surface area is 142 Å². The van der Waals surface area contributed by atoms with Crippen molar-refractivity contribution in [2.45, 2.75) is 0 Å². The quantitative estimate of drug-likeness (QED) is 0.402. The molecule has 2 nitrogen and oxygen atoms in total. The number of aromatic nitrogens is 2. The van der Waals surface area contributed by atoms with E-state index in [2.05, 4.69) is 53.6 Å². The summed E-state index contributed by atoms with van der Waals surface area (Å²) >= 11 is 0. The smallest absolute Gasteiger partial charge is 0.0716 e. The Hall–Kier alpha value is -2.22. The van der Waals surface area contributed by atoms with E-state index >= 15 is 0 Å². The number of para-hydroxylation sites is 1. The summed E-state index contributed by atoms with van der Waals surface area (Å²) in [4.78, 5) is 0. The van der Waals surface area contributed by atoms with Crippen LogP contribution < -0.4 is 0 Å². The van der Waals surface area contributed by atoms with E-state index in [1.165, 1.54) is 10.8 Å². The van der Waals surface area contributed by atoms with Gasteiger partial charge in [-0.25, -0.2) is 0 Å². The zero-order chi connectivity index (χ0) is 14.1. The van der Waals surface area contributed by atoms with Crippen LogP contribution in [0.15, 0.2) is 79.0 Å². The molecular formula is C19H13IrN2-. The maximum Gasteiger partial charge on any atom is 0.0716 e. The molecule has 0 aliphatic heterocycles. The molecule has 0 unspecified atom stereocenters. The molecule has 0 saturated heterocycles. The Morgan fingerprint density at radius 2 is 1.64 bits per heavy atom. The Kier molecular flexibility index (Phi) is 4.19. The molecule has 0 aliphatic carbocycles. The number of nitrogens with zero attached hydrogens (tertiary/aromatic N) is 2. The first-order valence-corrected chi connectivity index (χ1v) is 6.92. The normalized spacial score (nSPS) is 10.4. The third kappa shape index (κ3) is 2.61. The third-order valence-corrected chi connectivity index (χ3v) is 3.61. The van der Waals surface area contributed by atoms with Gasteiger partial charge in [0.15, 0.2) is 0 Å². The van der Waals surface area contributed by atoms with Crippen LogP contribution in [0.5, 0.6) is 0 Å². The molecule has 0 amide bonds. The molecule has 3 heteroatoms. The Balaban J connectivity index is 0.00000144. The fraction of sp³-hybridized carbons (Fsp3) is 0. The first-order valence-electron chi connectivity index (χ1n) is 6.92. The number of hydrogen-bond acceptors (Lipinski definition) is 1. The fourth-order valence-corrected chi connectivity index (χ4v) is 2.58. The first-order chi connectivity index (χ1) is 10.4. The van der Waals surface area contributed by atoms with Crippen LogP contribution in [0.4, 0.5) is 0 Å². The minimum absolute atomic E-state index is 0. The molecule has 3 aromatic carbocycles. The molecule has 0 saturated carbocycles. The molecule has 1 radical (unpaired) electrons. The van der Waals surface area contributed by atoms with E-state index in [-0.39, 0.29) is 20.1 Å². The molecule has 0 aliphatic rings. The van der Waals surface area contributed by atoms with Gasteiger partial charge in [0.05, 0.1) is 5.69 Å². The summed E-state index contributed by atoms with van der Waals surface area (Å²) in [6.07, 6.45) is 1.82. The van der Waals surface area contributed by atoms with Gasteiger partial charge in [-0.1, -0.05) is 36.4 Å². The van der Waals surface area contributed by atoms with E-state index in [0.29, 0.717) is 0 Å². The average molecular weight is 462 g/mol. The van der Waals surface area contributed by atoms with Crippen molar-refractivity contribution < 1.29 is 20.1 Å².